The topological polar surface area (TPSA) is 39.2 Å². The van der Waals surface area contributed by atoms with Crippen molar-refractivity contribution in [1.29, 1.82) is 0 Å². The minimum absolute atomic E-state index is 0.230. The molecule has 0 spiro atoms. The monoisotopic (exact) mass is 235 g/mol. The summed E-state index contributed by atoms with van der Waals surface area (Å²) >= 11 is 5.93. The second kappa shape index (κ2) is 4.32. The Balaban J connectivity index is 2.45. The van der Waals surface area contributed by atoms with Gasteiger partial charge in [-0.1, -0.05) is 23.8 Å². The molecule has 0 amide bonds. The van der Waals surface area contributed by atoms with E-state index >= 15 is 0 Å². The van der Waals surface area contributed by atoms with Crippen LogP contribution in [0.4, 0.5) is 0 Å². The van der Waals surface area contributed by atoms with Crippen LogP contribution in [-0.2, 0) is 0 Å². The minimum atomic E-state index is -0.230. The van der Waals surface area contributed by atoms with Crippen LogP contribution >= 0.6 is 11.6 Å². The molecule has 2 aromatic rings. The van der Waals surface area contributed by atoms with Gasteiger partial charge in [-0.3, -0.25) is 0 Å². The molecule has 2 N–H and O–H groups in total. The molecule has 0 aliphatic rings. The molecule has 1 aromatic heterocycles. The summed E-state index contributed by atoms with van der Waals surface area (Å²) in [7, 11) is 0. The van der Waals surface area contributed by atoms with Crippen molar-refractivity contribution in [1.82, 2.24) is 0 Å². The summed E-state index contributed by atoms with van der Waals surface area (Å²) < 4.78 is 5.06. The van der Waals surface area contributed by atoms with Crippen molar-refractivity contribution in [3.05, 3.63) is 58.0 Å². The van der Waals surface area contributed by atoms with Gasteiger partial charge >= 0.3 is 0 Å². The van der Waals surface area contributed by atoms with Crippen molar-refractivity contribution >= 4 is 11.6 Å². The Morgan fingerprint density at radius 3 is 2.56 bits per heavy atom. The van der Waals surface area contributed by atoms with Crippen LogP contribution < -0.4 is 5.73 Å². The van der Waals surface area contributed by atoms with Gasteiger partial charge < -0.3 is 10.2 Å². The molecule has 2 nitrogen and oxygen atoms in total. The summed E-state index contributed by atoms with van der Waals surface area (Å²) in [6, 6.07) is 7.81. The van der Waals surface area contributed by atoms with Crippen LogP contribution in [-0.4, -0.2) is 0 Å². The number of hydrogen-bond donors (Lipinski definition) is 1. The number of aryl methyl sites for hydroxylation is 2. The maximum Gasteiger partial charge on any atom is 0.198 e. The molecule has 0 radical (unpaired) electrons. The summed E-state index contributed by atoms with van der Waals surface area (Å²) in [4.78, 5) is 0. The number of rotatable bonds is 2. The molecule has 2 rings (SSSR count). The van der Waals surface area contributed by atoms with Gasteiger partial charge in [0.1, 0.15) is 0 Å². The number of furan rings is 1. The van der Waals surface area contributed by atoms with E-state index in [4.69, 9.17) is 21.8 Å². The molecule has 1 unspecified atom stereocenters. The third kappa shape index (κ3) is 1.99. The summed E-state index contributed by atoms with van der Waals surface area (Å²) in [5.41, 5.74) is 10.5. The maximum absolute atomic E-state index is 6.19. The molecule has 0 aliphatic carbocycles. The minimum Gasteiger partial charge on any atom is -0.453 e. The number of benzene rings is 1. The quantitative estimate of drug-likeness (QED) is 0.864. The number of halogens is 1. The van der Waals surface area contributed by atoms with E-state index in [0.717, 1.165) is 16.7 Å². The van der Waals surface area contributed by atoms with E-state index in [1.807, 2.05) is 19.9 Å². The average molecular weight is 236 g/mol. The zero-order chi connectivity index (χ0) is 11.7. The Labute approximate surface area is 100 Å². The predicted molar refractivity (Wildman–Crippen MR) is 65.7 cm³/mol. The van der Waals surface area contributed by atoms with Crippen LogP contribution in [0.3, 0.4) is 0 Å². The van der Waals surface area contributed by atoms with Gasteiger partial charge in [0.15, 0.2) is 5.22 Å². The van der Waals surface area contributed by atoms with Gasteiger partial charge in [0.05, 0.1) is 12.3 Å². The molecule has 3 heteroatoms. The standard InChI is InChI=1S/C13H14ClNO/c1-8-3-4-9(2)11(7-8)12(15)10-5-6-16-13(10)14/h3-7,12H,15H2,1-2H3. The van der Waals surface area contributed by atoms with E-state index in [1.54, 1.807) is 6.26 Å². The van der Waals surface area contributed by atoms with Crippen LogP contribution in [0.15, 0.2) is 34.9 Å². The van der Waals surface area contributed by atoms with Crippen molar-refractivity contribution in [2.24, 2.45) is 5.73 Å². The first kappa shape index (κ1) is 11.2. The Hall–Kier alpha value is -1.25. The van der Waals surface area contributed by atoms with Crippen molar-refractivity contribution < 1.29 is 4.42 Å². The molecule has 16 heavy (non-hydrogen) atoms. The Bertz CT molecular complexity index is 504. The molecule has 1 atom stereocenters. The highest BCUT2D eigenvalue weighted by Gasteiger charge is 2.16. The fourth-order valence-electron chi connectivity index (χ4n) is 1.79. The average Bonchev–Trinajstić information content (AvgIpc) is 2.67. The Kier molecular flexibility index (Phi) is 3.03. The van der Waals surface area contributed by atoms with Gasteiger partial charge in [-0.15, -0.1) is 0 Å². The maximum atomic E-state index is 6.19. The first-order valence-electron chi connectivity index (χ1n) is 5.15. The lowest BCUT2D eigenvalue weighted by Gasteiger charge is -2.14. The second-order valence-electron chi connectivity index (χ2n) is 3.99. The SMILES string of the molecule is Cc1ccc(C)c(C(N)c2ccoc2Cl)c1. The van der Waals surface area contributed by atoms with Crippen LogP contribution in [0, 0.1) is 13.8 Å². The van der Waals surface area contributed by atoms with Crippen LogP contribution in [0.5, 0.6) is 0 Å². The third-order valence-electron chi connectivity index (χ3n) is 2.75. The third-order valence-corrected chi connectivity index (χ3v) is 3.06. The van der Waals surface area contributed by atoms with Crippen molar-refractivity contribution in [2.45, 2.75) is 19.9 Å². The predicted octanol–water partition coefficient (Wildman–Crippen LogP) is 3.60. The normalized spacial score (nSPS) is 12.8. The first-order valence-corrected chi connectivity index (χ1v) is 5.53. The zero-order valence-electron chi connectivity index (χ0n) is 9.33. The van der Waals surface area contributed by atoms with E-state index in [0.29, 0.717) is 5.22 Å². The Morgan fingerprint density at radius 2 is 1.94 bits per heavy atom. The van der Waals surface area contributed by atoms with Crippen molar-refractivity contribution in [3.8, 4) is 0 Å². The van der Waals surface area contributed by atoms with Crippen molar-refractivity contribution in [3.63, 3.8) is 0 Å². The summed E-state index contributed by atoms with van der Waals surface area (Å²) in [6.07, 6.45) is 1.56. The molecular formula is C13H14ClNO. The lowest BCUT2D eigenvalue weighted by atomic mass is 9.96. The van der Waals surface area contributed by atoms with Crippen LogP contribution in [0.1, 0.15) is 28.3 Å². The number of hydrogen-bond acceptors (Lipinski definition) is 2. The van der Waals surface area contributed by atoms with Gasteiger partial charge in [0, 0.05) is 5.56 Å². The van der Waals surface area contributed by atoms with Gasteiger partial charge in [0.2, 0.25) is 0 Å². The molecule has 1 heterocycles. The van der Waals surface area contributed by atoms with Gasteiger partial charge in [0.25, 0.3) is 0 Å². The fraction of sp³-hybridized carbons (Fsp3) is 0.231. The van der Waals surface area contributed by atoms with E-state index < -0.39 is 0 Å². The Morgan fingerprint density at radius 1 is 1.19 bits per heavy atom. The van der Waals surface area contributed by atoms with Gasteiger partial charge in [-0.25, -0.2) is 0 Å². The number of nitrogens with two attached hydrogens (primary N) is 1. The summed E-state index contributed by atoms with van der Waals surface area (Å²) in [5, 5.41) is 0.369. The molecule has 84 valence electrons. The second-order valence-corrected chi connectivity index (χ2v) is 4.33. The highest BCUT2D eigenvalue weighted by atomic mass is 35.5. The molecule has 0 bridgehead atoms. The summed E-state index contributed by atoms with van der Waals surface area (Å²) in [6.45, 7) is 4.09. The molecule has 0 saturated carbocycles. The van der Waals surface area contributed by atoms with Gasteiger partial charge in [-0.05, 0) is 42.6 Å². The van der Waals surface area contributed by atoms with E-state index in [1.165, 1.54) is 5.56 Å². The largest absolute Gasteiger partial charge is 0.453 e. The van der Waals surface area contributed by atoms with Crippen molar-refractivity contribution in [2.75, 3.05) is 0 Å². The van der Waals surface area contributed by atoms with Crippen LogP contribution in [0.25, 0.3) is 0 Å². The molecule has 0 aliphatic heterocycles. The van der Waals surface area contributed by atoms with Crippen LogP contribution in [0.2, 0.25) is 5.22 Å². The van der Waals surface area contributed by atoms with E-state index in [2.05, 4.69) is 18.2 Å². The lowest BCUT2D eigenvalue weighted by molar-refractivity contribution is 0.564. The lowest BCUT2D eigenvalue weighted by Crippen LogP contribution is -2.13. The molecule has 1 aromatic carbocycles. The first-order chi connectivity index (χ1) is 7.59. The molecule has 0 saturated heterocycles. The fourth-order valence-corrected chi connectivity index (χ4v) is 2.02. The highest BCUT2D eigenvalue weighted by Crippen LogP contribution is 2.29. The summed E-state index contributed by atoms with van der Waals surface area (Å²) in [5.74, 6) is 0. The van der Waals surface area contributed by atoms with E-state index in [-0.39, 0.29) is 6.04 Å². The van der Waals surface area contributed by atoms with Gasteiger partial charge in [-0.2, -0.15) is 0 Å². The smallest absolute Gasteiger partial charge is 0.198 e. The highest BCUT2D eigenvalue weighted by molar-refractivity contribution is 6.29. The zero-order valence-corrected chi connectivity index (χ0v) is 10.1. The molecule has 0 fully saturated rings. The van der Waals surface area contributed by atoms with E-state index in [9.17, 15) is 0 Å². The molecular weight excluding hydrogens is 222 g/mol.